The van der Waals surface area contributed by atoms with Gasteiger partial charge in [0.1, 0.15) is 0 Å². The van der Waals surface area contributed by atoms with Crippen LogP contribution in [0.5, 0.6) is 0 Å². The van der Waals surface area contributed by atoms with Gasteiger partial charge in [-0.25, -0.2) is 4.79 Å². The number of carbonyl (C=O) groups is 1. The van der Waals surface area contributed by atoms with Crippen molar-refractivity contribution < 1.29 is 4.79 Å². The second kappa shape index (κ2) is 8.98. The van der Waals surface area contributed by atoms with E-state index < -0.39 is 0 Å². The summed E-state index contributed by atoms with van der Waals surface area (Å²) in [7, 11) is 0. The molecule has 0 aliphatic carbocycles. The number of benzene rings is 1. The number of rotatable bonds is 7. The fourth-order valence-corrected chi connectivity index (χ4v) is 4.08. The smallest absolute Gasteiger partial charge is 0.319 e. The van der Waals surface area contributed by atoms with Gasteiger partial charge in [0.15, 0.2) is 5.13 Å². The molecule has 0 aliphatic heterocycles. The van der Waals surface area contributed by atoms with Crippen molar-refractivity contribution in [1.82, 2.24) is 10.3 Å². The number of hydrogen-bond acceptors (Lipinski definition) is 5. The molecule has 0 spiro atoms. The average molecular weight is 377 g/mol. The highest BCUT2D eigenvalue weighted by atomic mass is 32.1. The monoisotopic (exact) mass is 376 g/mol. The van der Waals surface area contributed by atoms with E-state index in [0.29, 0.717) is 17.6 Å². The summed E-state index contributed by atoms with van der Waals surface area (Å²) in [5.74, 6) is 0. The fraction of sp³-hybridized carbons (Fsp3) is 0.526. The number of nitrogens with one attached hydrogen (secondary N) is 2. The summed E-state index contributed by atoms with van der Waals surface area (Å²) in [5, 5.41) is 6.82. The van der Waals surface area contributed by atoms with Crippen molar-refractivity contribution in [3.05, 3.63) is 28.6 Å². The van der Waals surface area contributed by atoms with Crippen LogP contribution in [0.25, 0.3) is 10.1 Å². The minimum Gasteiger partial charge on any atom is -0.343 e. The summed E-state index contributed by atoms with van der Waals surface area (Å²) in [4.78, 5) is 30.8. The number of carbonyl (C=O) groups excluding carboxylic acids is 1. The number of nitrogens with zero attached hydrogens (tertiary/aromatic N) is 2. The van der Waals surface area contributed by atoms with Gasteiger partial charge in [-0.15, -0.1) is 0 Å². The summed E-state index contributed by atoms with van der Waals surface area (Å²) in [6.45, 7) is 11.1. The first-order valence-electron chi connectivity index (χ1n) is 9.11. The largest absolute Gasteiger partial charge is 0.343 e. The molecule has 26 heavy (non-hydrogen) atoms. The molecule has 0 unspecified atom stereocenters. The van der Waals surface area contributed by atoms with E-state index in [1.165, 1.54) is 11.3 Å². The number of aromatic nitrogens is 1. The Bertz CT molecular complexity index is 809. The second-order valence-corrected chi connectivity index (χ2v) is 7.85. The van der Waals surface area contributed by atoms with E-state index in [9.17, 15) is 9.59 Å². The van der Waals surface area contributed by atoms with Crippen molar-refractivity contribution >= 4 is 38.3 Å². The molecule has 1 aromatic heterocycles. The summed E-state index contributed by atoms with van der Waals surface area (Å²) in [5.41, 5.74) is 0.324. The Morgan fingerprint density at radius 1 is 1.23 bits per heavy atom. The molecule has 2 amide bonds. The first-order valence-corrected chi connectivity index (χ1v) is 9.93. The normalized spacial score (nSPS) is 11.2. The van der Waals surface area contributed by atoms with Crippen molar-refractivity contribution in [2.45, 2.75) is 59.5 Å². The van der Waals surface area contributed by atoms with Crippen molar-refractivity contribution in [1.29, 1.82) is 0 Å². The van der Waals surface area contributed by atoms with Gasteiger partial charge in [-0.3, -0.25) is 4.79 Å². The second-order valence-electron chi connectivity index (χ2n) is 6.84. The number of urea groups is 1. The molecular weight excluding hydrogens is 348 g/mol. The molecule has 0 fully saturated rings. The molecule has 7 heteroatoms. The van der Waals surface area contributed by atoms with Gasteiger partial charge in [-0.05, 0) is 52.3 Å². The first kappa shape index (κ1) is 20.2. The first-order chi connectivity index (χ1) is 12.3. The van der Waals surface area contributed by atoms with Gasteiger partial charge in [-0.1, -0.05) is 24.7 Å². The molecule has 0 bridgehead atoms. The molecule has 2 aromatic rings. The lowest BCUT2D eigenvalue weighted by Gasteiger charge is -2.31. The van der Waals surface area contributed by atoms with Crippen molar-refractivity contribution in [2.75, 3.05) is 16.8 Å². The van der Waals surface area contributed by atoms with Gasteiger partial charge in [0.05, 0.1) is 5.39 Å². The van der Waals surface area contributed by atoms with Crippen LogP contribution in [0, 0.1) is 0 Å². The van der Waals surface area contributed by atoms with E-state index in [4.69, 9.17) is 0 Å². The number of unbranched alkanes of at least 4 members (excludes halogenated alkanes) is 1. The maximum Gasteiger partial charge on any atom is 0.319 e. The van der Waals surface area contributed by atoms with Gasteiger partial charge in [-0.2, -0.15) is 4.98 Å². The van der Waals surface area contributed by atoms with E-state index in [2.05, 4.69) is 55.1 Å². The summed E-state index contributed by atoms with van der Waals surface area (Å²) in [6, 6.07) is 5.62. The lowest BCUT2D eigenvalue weighted by Crippen LogP contribution is -2.38. The molecule has 0 saturated carbocycles. The number of fused-ring (bicyclic) bond motifs is 1. The predicted octanol–water partition coefficient (Wildman–Crippen LogP) is 4.20. The van der Waals surface area contributed by atoms with Crippen LogP contribution < -0.4 is 21.1 Å². The van der Waals surface area contributed by atoms with Crippen LogP contribution in [0.1, 0.15) is 47.5 Å². The fourth-order valence-electron chi connectivity index (χ4n) is 2.83. The standard InChI is InChI=1S/C19H28N4O2S/c1-6-7-10-20-18(25)21-14-8-9-16-15(11-14)17(24)22-19(26-16)23(12(2)3)13(4)5/h8-9,11-13H,6-7,10H2,1-5H3,(H2,20,21,25). The topological polar surface area (TPSA) is 74.3 Å². The molecule has 0 radical (unpaired) electrons. The van der Waals surface area contributed by atoms with E-state index in [1.807, 2.05) is 12.1 Å². The van der Waals surface area contributed by atoms with Crippen molar-refractivity contribution in [2.24, 2.45) is 0 Å². The van der Waals surface area contributed by atoms with Gasteiger partial charge >= 0.3 is 6.03 Å². The van der Waals surface area contributed by atoms with Crippen LogP contribution in [0.15, 0.2) is 23.0 Å². The zero-order chi connectivity index (χ0) is 19.3. The Morgan fingerprint density at radius 3 is 2.54 bits per heavy atom. The van der Waals surface area contributed by atoms with Gasteiger partial charge in [0, 0.05) is 29.0 Å². The van der Waals surface area contributed by atoms with Gasteiger partial charge in [0.2, 0.25) is 0 Å². The van der Waals surface area contributed by atoms with Crippen LogP contribution in [0.3, 0.4) is 0 Å². The molecule has 6 nitrogen and oxygen atoms in total. The zero-order valence-electron chi connectivity index (χ0n) is 16.1. The Labute approximate surface area is 158 Å². The molecule has 142 valence electrons. The predicted molar refractivity (Wildman–Crippen MR) is 111 cm³/mol. The van der Waals surface area contributed by atoms with Crippen LogP contribution in [0.4, 0.5) is 15.6 Å². The molecule has 1 aromatic carbocycles. The Kier molecular flexibility index (Phi) is 6.97. The molecule has 0 atom stereocenters. The van der Waals surface area contributed by atoms with E-state index >= 15 is 0 Å². The average Bonchev–Trinajstić information content (AvgIpc) is 2.55. The Balaban J connectivity index is 2.28. The summed E-state index contributed by atoms with van der Waals surface area (Å²) in [6.07, 6.45) is 1.96. The molecule has 2 rings (SSSR count). The maximum atomic E-state index is 12.5. The van der Waals surface area contributed by atoms with Crippen LogP contribution in [-0.2, 0) is 0 Å². The number of amides is 2. The van der Waals surface area contributed by atoms with Crippen LogP contribution in [-0.4, -0.2) is 29.6 Å². The third-order valence-electron chi connectivity index (χ3n) is 4.02. The van der Waals surface area contributed by atoms with E-state index in [-0.39, 0.29) is 23.7 Å². The maximum absolute atomic E-state index is 12.5. The van der Waals surface area contributed by atoms with Gasteiger partial charge in [0.25, 0.3) is 5.56 Å². The number of hydrogen-bond donors (Lipinski definition) is 2. The highest BCUT2D eigenvalue weighted by Gasteiger charge is 2.18. The molecule has 0 saturated heterocycles. The molecule has 2 N–H and O–H groups in total. The Morgan fingerprint density at radius 2 is 1.92 bits per heavy atom. The lowest BCUT2D eigenvalue weighted by molar-refractivity contribution is 0.252. The Hall–Kier alpha value is -2.15. The van der Waals surface area contributed by atoms with Crippen LogP contribution >= 0.6 is 11.3 Å². The van der Waals surface area contributed by atoms with E-state index in [1.54, 1.807) is 6.07 Å². The minimum atomic E-state index is -0.268. The van der Waals surface area contributed by atoms with Crippen molar-refractivity contribution in [3.8, 4) is 0 Å². The van der Waals surface area contributed by atoms with Gasteiger partial charge < -0.3 is 15.5 Å². The molecular formula is C19H28N4O2S. The SMILES string of the molecule is CCCCNC(=O)Nc1ccc2sc(N(C(C)C)C(C)C)nc(=O)c2c1. The van der Waals surface area contributed by atoms with Crippen molar-refractivity contribution in [3.63, 3.8) is 0 Å². The minimum absolute atomic E-state index is 0.253. The number of anilines is 2. The highest BCUT2D eigenvalue weighted by Crippen LogP contribution is 2.28. The third-order valence-corrected chi connectivity index (χ3v) is 5.08. The zero-order valence-corrected chi connectivity index (χ0v) is 16.9. The third kappa shape index (κ3) is 4.94. The highest BCUT2D eigenvalue weighted by molar-refractivity contribution is 7.21. The lowest BCUT2D eigenvalue weighted by atomic mass is 10.2. The molecule has 0 aliphatic rings. The molecule has 1 heterocycles. The van der Waals surface area contributed by atoms with Crippen LogP contribution in [0.2, 0.25) is 0 Å². The van der Waals surface area contributed by atoms with E-state index in [0.717, 1.165) is 22.7 Å². The quantitative estimate of drug-likeness (QED) is 0.710. The summed E-state index contributed by atoms with van der Waals surface area (Å²) >= 11 is 1.50. The summed E-state index contributed by atoms with van der Waals surface area (Å²) < 4.78 is 0.864.